The van der Waals surface area contributed by atoms with Crippen LogP contribution in [0.3, 0.4) is 0 Å². The van der Waals surface area contributed by atoms with E-state index in [0.717, 1.165) is 16.7 Å². The van der Waals surface area contributed by atoms with E-state index in [-0.39, 0.29) is 17.1 Å². The minimum Gasteiger partial charge on any atom is -0.489 e. The van der Waals surface area contributed by atoms with E-state index in [0.29, 0.717) is 47.6 Å². The fourth-order valence-electron chi connectivity index (χ4n) is 4.17. The average molecular weight is 482 g/mol. The molecule has 1 aliphatic heterocycles. The first-order valence-corrected chi connectivity index (χ1v) is 11.3. The summed E-state index contributed by atoms with van der Waals surface area (Å²) in [5.74, 6) is -0.181. The molecule has 8 heteroatoms. The van der Waals surface area contributed by atoms with E-state index in [2.05, 4.69) is 4.98 Å². The number of hydrogen-bond donors (Lipinski definition) is 1. The molecule has 2 heterocycles. The molecule has 0 bridgehead atoms. The number of carboxylic acids is 1. The second-order valence-electron chi connectivity index (χ2n) is 8.40. The zero-order valence-electron chi connectivity index (χ0n) is 19.4. The van der Waals surface area contributed by atoms with Crippen LogP contribution in [0.15, 0.2) is 71.5 Å². The smallest absolute Gasteiger partial charge is 0.337 e. The summed E-state index contributed by atoms with van der Waals surface area (Å²) in [5, 5.41) is 9.68. The Morgan fingerprint density at radius 1 is 1.03 bits per heavy atom. The molecule has 8 nitrogen and oxygen atoms in total. The van der Waals surface area contributed by atoms with Crippen LogP contribution in [0, 0.1) is 0 Å². The molecule has 180 valence electrons. The Bertz CT molecular complexity index is 1570. The SMILES string of the molecule is COC(=O)c1ccc(COc2ccc(C=C3CCn4c3nc3cc(C(=O)O)ccc3c4=O)cc2)cc1. The maximum Gasteiger partial charge on any atom is 0.337 e. The van der Waals surface area contributed by atoms with Gasteiger partial charge in [0.1, 0.15) is 18.2 Å². The minimum atomic E-state index is -1.06. The monoisotopic (exact) mass is 482 g/mol. The van der Waals surface area contributed by atoms with E-state index < -0.39 is 5.97 Å². The van der Waals surface area contributed by atoms with Gasteiger partial charge in [-0.05, 0) is 71.7 Å². The van der Waals surface area contributed by atoms with Crippen LogP contribution in [0.4, 0.5) is 0 Å². The number of hydrogen-bond acceptors (Lipinski definition) is 6. The molecule has 1 aromatic heterocycles. The van der Waals surface area contributed by atoms with Crippen molar-refractivity contribution in [3.63, 3.8) is 0 Å². The van der Waals surface area contributed by atoms with Crippen molar-refractivity contribution in [2.24, 2.45) is 0 Å². The third-order valence-corrected chi connectivity index (χ3v) is 6.10. The van der Waals surface area contributed by atoms with Gasteiger partial charge in [-0.2, -0.15) is 0 Å². The third-order valence-electron chi connectivity index (χ3n) is 6.10. The van der Waals surface area contributed by atoms with Crippen molar-refractivity contribution in [3.8, 4) is 5.75 Å². The lowest BCUT2D eigenvalue weighted by Crippen LogP contribution is -2.20. The zero-order valence-corrected chi connectivity index (χ0v) is 19.4. The molecule has 0 unspecified atom stereocenters. The van der Waals surface area contributed by atoms with E-state index in [4.69, 9.17) is 9.47 Å². The van der Waals surface area contributed by atoms with E-state index in [1.807, 2.05) is 42.5 Å². The summed E-state index contributed by atoms with van der Waals surface area (Å²) < 4.78 is 12.2. The van der Waals surface area contributed by atoms with Crippen LogP contribution in [0.1, 0.15) is 44.1 Å². The number of allylic oxidation sites excluding steroid dienone is 1. The second kappa shape index (κ2) is 9.50. The van der Waals surface area contributed by atoms with Gasteiger partial charge in [0.2, 0.25) is 0 Å². The van der Waals surface area contributed by atoms with Crippen LogP contribution in [-0.2, 0) is 17.9 Å². The predicted molar refractivity (Wildman–Crippen MR) is 134 cm³/mol. The number of ether oxygens (including phenoxy) is 2. The van der Waals surface area contributed by atoms with Crippen molar-refractivity contribution in [2.75, 3.05) is 7.11 Å². The summed E-state index contributed by atoms with van der Waals surface area (Å²) >= 11 is 0. The van der Waals surface area contributed by atoms with Gasteiger partial charge in [-0.15, -0.1) is 0 Å². The van der Waals surface area contributed by atoms with Crippen LogP contribution in [0.2, 0.25) is 0 Å². The number of rotatable bonds is 6. The highest BCUT2D eigenvalue weighted by molar-refractivity contribution is 5.93. The Kier molecular flexibility index (Phi) is 6.08. The number of esters is 1. The molecule has 0 amide bonds. The maximum absolute atomic E-state index is 12.9. The van der Waals surface area contributed by atoms with Crippen molar-refractivity contribution in [1.29, 1.82) is 0 Å². The number of fused-ring (bicyclic) bond motifs is 2. The molecule has 1 N–H and O–H groups in total. The van der Waals surface area contributed by atoms with Crippen LogP contribution >= 0.6 is 0 Å². The molecule has 5 rings (SSSR count). The molecular weight excluding hydrogens is 460 g/mol. The van der Waals surface area contributed by atoms with Crippen molar-refractivity contribution >= 4 is 34.5 Å². The highest BCUT2D eigenvalue weighted by atomic mass is 16.5. The number of carboxylic acid groups (broad SMARTS) is 1. The molecule has 0 saturated heterocycles. The quantitative estimate of drug-likeness (QED) is 0.406. The normalized spacial score (nSPS) is 13.5. The zero-order chi connectivity index (χ0) is 25.2. The van der Waals surface area contributed by atoms with Crippen LogP contribution in [0.25, 0.3) is 22.6 Å². The summed E-state index contributed by atoms with van der Waals surface area (Å²) in [7, 11) is 1.35. The molecule has 1 aliphatic rings. The number of carbonyl (C=O) groups is 2. The lowest BCUT2D eigenvalue weighted by molar-refractivity contribution is 0.0599. The lowest BCUT2D eigenvalue weighted by Gasteiger charge is -2.08. The highest BCUT2D eigenvalue weighted by Gasteiger charge is 2.21. The van der Waals surface area contributed by atoms with Crippen molar-refractivity contribution in [2.45, 2.75) is 19.6 Å². The van der Waals surface area contributed by atoms with E-state index in [1.54, 1.807) is 16.7 Å². The fraction of sp³-hybridized carbons (Fsp3) is 0.143. The Morgan fingerprint density at radius 2 is 1.75 bits per heavy atom. The van der Waals surface area contributed by atoms with Crippen molar-refractivity contribution in [1.82, 2.24) is 9.55 Å². The molecule has 36 heavy (non-hydrogen) atoms. The van der Waals surface area contributed by atoms with Gasteiger partial charge < -0.3 is 14.6 Å². The molecule has 0 atom stereocenters. The standard InChI is InChI=1S/C28H22N2O6/c1-35-28(34)19-6-2-18(3-7-19)16-36-22-9-4-17(5-10-22)14-20-12-13-30-25(20)29-24-15-21(27(32)33)8-11-23(24)26(30)31/h2-11,14-15H,12-13,16H2,1H3,(H,32,33). The molecule has 0 saturated carbocycles. The van der Waals surface area contributed by atoms with E-state index in [1.165, 1.54) is 25.3 Å². The summed E-state index contributed by atoms with van der Waals surface area (Å²) in [4.78, 5) is 40.4. The van der Waals surface area contributed by atoms with Gasteiger partial charge in [-0.1, -0.05) is 24.3 Å². The topological polar surface area (TPSA) is 108 Å². The first kappa shape index (κ1) is 23.0. The molecule has 0 fully saturated rings. The van der Waals surface area contributed by atoms with Crippen molar-refractivity contribution in [3.05, 3.63) is 105 Å². The Labute approximate surface area is 206 Å². The van der Waals surface area contributed by atoms with Crippen LogP contribution in [0.5, 0.6) is 5.75 Å². The summed E-state index contributed by atoms with van der Waals surface area (Å²) in [6.45, 7) is 0.882. The van der Waals surface area contributed by atoms with E-state index in [9.17, 15) is 19.5 Å². The van der Waals surface area contributed by atoms with Gasteiger partial charge >= 0.3 is 11.9 Å². The van der Waals surface area contributed by atoms with Crippen molar-refractivity contribution < 1.29 is 24.2 Å². The van der Waals surface area contributed by atoms with Gasteiger partial charge in [0.25, 0.3) is 5.56 Å². The lowest BCUT2D eigenvalue weighted by atomic mass is 10.1. The van der Waals surface area contributed by atoms with Crippen LogP contribution in [-0.4, -0.2) is 33.7 Å². The molecule has 0 aliphatic carbocycles. The number of aromatic nitrogens is 2. The minimum absolute atomic E-state index is 0.0953. The molecular formula is C28H22N2O6. The van der Waals surface area contributed by atoms with Gasteiger partial charge in [0, 0.05) is 6.54 Å². The number of nitrogens with zero attached hydrogens (tertiary/aromatic N) is 2. The first-order valence-electron chi connectivity index (χ1n) is 11.3. The van der Waals surface area contributed by atoms with Gasteiger partial charge in [0.05, 0.1) is 29.1 Å². The van der Waals surface area contributed by atoms with Gasteiger partial charge in [0.15, 0.2) is 0 Å². The molecule has 3 aromatic carbocycles. The number of methoxy groups -OCH3 is 1. The first-order chi connectivity index (χ1) is 17.4. The largest absolute Gasteiger partial charge is 0.489 e. The Balaban J connectivity index is 1.33. The summed E-state index contributed by atoms with van der Waals surface area (Å²) in [6, 6.07) is 19.0. The number of carbonyl (C=O) groups excluding carboxylic acids is 1. The Morgan fingerprint density at radius 3 is 2.44 bits per heavy atom. The fourth-order valence-corrected chi connectivity index (χ4v) is 4.17. The molecule has 4 aromatic rings. The summed E-state index contributed by atoms with van der Waals surface area (Å²) in [5.41, 5.74) is 3.56. The highest BCUT2D eigenvalue weighted by Crippen LogP contribution is 2.28. The average Bonchev–Trinajstić information content (AvgIpc) is 3.30. The second-order valence-corrected chi connectivity index (χ2v) is 8.40. The van der Waals surface area contributed by atoms with Gasteiger partial charge in [-0.25, -0.2) is 14.6 Å². The number of aromatic carboxylic acids is 1. The Hall–Kier alpha value is -4.72. The predicted octanol–water partition coefficient (Wildman–Crippen LogP) is 4.40. The van der Waals surface area contributed by atoms with Crippen LogP contribution < -0.4 is 10.3 Å². The summed E-state index contributed by atoms with van der Waals surface area (Å²) in [6.07, 6.45) is 2.64. The third kappa shape index (κ3) is 4.48. The van der Waals surface area contributed by atoms with Gasteiger partial charge in [-0.3, -0.25) is 9.36 Å². The van der Waals surface area contributed by atoms with E-state index >= 15 is 0 Å². The molecule has 0 radical (unpaired) electrons. The number of benzene rings is 3. The maximum atomic E-state index is 12.9. The molecule has 0 spiro atoms.